The summed E-state index contributed by atoms with van der Waals surface area (Å²) in [5.41, 5.74) is 0. The molecule has 2 aromatic carbocycles. The average Bonchev–Trinajstić information content (AvgIpc) is 2.37. The highest BCUT2D eigenvalue weighted by atomic mass is 13.7. The molecule has 0 nitrogen and oxygen atoms in total. The second kappa shape index (κ2) is 11.2. The molecule has 2 aromatic rings. The van der Waals surface area contributed by atoms with Crippen molar-refractivity contribution in [3.05, 3.63) is 86.0 Å². The van der Waals surface area contributed by atoms with E-state index >= 15 is 0 Å². The summed E-state index contributed by atoms with van der Waals surface area (Å²) in [6, 6.07) is 24.0. The Hall–Kier alpha value is -1.82. The van der Waals surface area contributed by atoms with Crippen LogP contribution in [-0.2, 0) is 0 Å². The molecule has 0 heteroatoms. The Labute approximate surface area is 86.5 Å². The highest BCUT2D eigenvalue weighted by molar-refractivity contribution is 4.99. The molecule has 2 rings (SSSR count). The Bertz CT molecular complexity index is 188. The van der Waals surface area contributed by atoms with Crippen LogP contribution in [0.3, 0.4) is 0 Å². The van der Waals surface area contributed by atoms with E-state index in [-0.39, 0.29) is 0 Å². The van der Waals surface area contributed by atoms with Crippen LogP contribution in [-0.4, -0.2) is 0 Å². The zero-order valence-corrected chi connectivity index (χ0v) is 8.34. The van der Waals surface area contributed by atoms with Gasteiger partial charge in [-0.2, -0.15) is 0 Å². The lowest BCUT2D eigenvalue weighted by Gasteiger charge is -1.69. The van der Waals surface area contributed by atoms with E-state index in [2.05, 4.69) is 13.2 Å². The SMILES string of the molecule is C=C.c1ccccc1.c1ccccc1. The van der Waals surface area contributed by atoms with Crippen molar-refractivity contribution in [1.82, 2.24) is 0 Å². The number of hydrogen-bond donors (Lipinski definition) is 0. The van der Waals surface area contributed by atoms with Gasteiger partial charge in [-0.05, 0) is 0 Å². The topological polar surface area (TPSA) is 0 Å². The molecule has 0 unspecified atom stereocenters. The third kappa shape index (κ3) is 8.28. The Morgan fingerprint density at radius 1 is 0.286 bits per heavy atom. The molecule has 0 bridgehead atoms. The smallest absolute Gasteiger partial charge is 0.0623 e. The predicted octanol–water partition coefficient (Wildman–Crippen LogP) is 4.18. The fraction of sp³-hybridized carbons (Fsp3) is 0. The van der Waals surface area contributed by atoms with Gasteiger partial charge >= 0.3 is 0 Å². The first-order valence-electron chi connectivity index (χ1n) is 4.50. The molecule has 72 valence electrons. The van der Waals surface area contributed by atoms with Gasteiger partial charge in [0, 0.05) is 0 Å². The van der Waals surface area contributed by atoms with Crippen molar-refractivity contribution in [2.45, 2.75) is 0 Å². The summed E-state index contributed by atoms with van der Waals surface area (Å²) in [4.78, 5) is 0. The molecule has 0 fully saturated rings. The lowest BCUT2D eigenvalue weighted by atomic mass is 10.4. The van der Waals surface area contributed by atoms with Crippen LogP contribution in [0.4, 0.5) is 0 Å². The minimum Gasteiger partial charge on any atom is -0.106 e. The van der Waals surface area contributed by atoms with Gasteiger partial charge in [0.1, 0.15) is 0 Å². The Kier molecular flexibility index (Phi) is 9.73. The molecule has 0 saturated carbocycles. The molecule has 0 spiro atoms. The molecule has 0 radical (unpaired) electrons. The molecule has 0 aliphatic rings. The fourth-order valence-electron chi connectivity index (χ4n) is 0.770. The normalized spacial score (nSPS) is 7.14. The largest absolute Gasteiger partial charge is 0.106 e. The molecule has 0 aromatic heterocycles. The van der Waals surface area contributed by atoms with Crippen LogP contribution in [0.25, 0.3) is 0 Å². The van der Waals surface area contributed by atoms with E-state index in [1.54, 1.807) is 0 Å². The second-order valence-electron chi connectivity index (χ2n) is 2.31. The van der Waals surface area contributed by atoms with Crippen LogP contribution in [0.2, 0.25) is 0 Å². The van der Waals surface area contributed by atoms with Gasteiger partial charge in [0.25, 0.3) is 0 Å². The highest BCUT2D eigenvalue weighted by Gasteiger charge is 1.58. The van der Waals surface area contributed by atoms with E-state index in [4.69, 9.17) is 0 Å². The maximum Gasteiger partial charge on any atom is -0.0623 e. The highest BCUT2D eigenvalue weighted by Crippen LogP contribution is 1.80. The maximum absolute atomic E-state index is 3.00. The molecule has 14 heavy (non-hydrogen) atoms. The van der Waals surface area contributed by atoms with Crippen molar-refractivity contribution < 1.29 is 0 Å². The summed E-state index contributed by atoms with van der Waals surface area (Å²) in [5, 5.41) is 0. The minimum absolute atomic E-state index is 2.00. The van der Waals surface area contributed by atoms with Crippen molar-refractivity contribution >= 4 is 0 Å². The number of hydrogen-bond acceptors (Lipinski definition) is 0. The van der Waals surface area contributed by atoms with Crippen molar-refractivity contribution in [2.24, 2.45) is 0 Å². The molecule has 0 aliphatic heterocycles. The van der Waals surface area contributed by atoms with Gasteiger partial charge in [-0.1, -0.05) is 72.8 Å². The van der Waals surface area contributed by atoms with Crippen LogP contribution in [0, 0.1) is 0 Å². The van der Waals surface area contributed by atoms with E-state index < -0.39 is 0 Å². The van der Waals surface area contributed by atoms with E-state index in [0.717, 1.165) is 0 Å². The molecule has 0 saturated heterocycles. The molecular formula is C14H16. The molecule has 0 heterocycles. The minimum atomic E-state index is 2.00. The summed E-state index contributed by atoms with van der Waals surface area (Å²) >= 11 is 0. The predicted molar refractivity (Wildman–Crippen MR) is 64.1 cm³/mol. The first kappa shape index (κ1) is 12.2. The van der Waals surface area contributed by atoms with Gasteiger partial charge in [0.2, 0.25) is 0 Å². The third-order valence-electron chi connectivity index (χ3n) is 1.33. The van der Waals surface area contributed by atoms with E-state index in [1.165, 1.54) is 0 Å². The maximum atomic E-state index is 3.00. The first-order valence-corrected chi connectivity index (χ1v) is 4.50. The zero-order valence-electron chi connectivity index (χ0n) is 8.34. The van der Waals surface area contributed by atoms with Gasteiger partial charge in [0.15, 0.2) is 0 Å². The van der Waals surface area contributed by atoms with Gasteiger partial charge in [0.05, 0.1) is 0 Å². The Morgan fingerprint density at radius 3 is 0.429 bits per heavy atom. The third-order valence-corrected chi connectivity index (χ3v) is 1.33. The van der Waals surface area contributed by atoms with Gasteiger partial charge in [-0.25, -0.2) is 0 Å². The summed E-state index contributed by atoms with van der Waals surface area (Å²) in [6.07, 6.45) is 0. The number of rotatable bonds is 0. The lowest BCUT2D eigenvalue weighted by molar-refractivity contribution is 1.72. The van der Waals surface area contributed by atoms with Gasteiger partial charge in [-0.15, -0.1) is 13.2 Å². The first-order chi connectivity index (χ1) is 7.00. The van der Waals surface area contributed by atoms with E-state index in [1.807, 2.05) is 72.8 Å². The van der Waals surface area contributed by atoms with Crippen LogP contribution in [0.1, 0.15) is 0 Å². The van der Waals surface area contributed by atoms with Crippen LogP contribution in [0.15, 0.2) is 86.0 Å². The van der Waals surface area contributed by atoms with E-state index in [0.29, 0.717) is 0 Å². The molecule has 0 amide bonds. The lowest BCUT2D eigenvalue weighted by Crippen LogP contribution is -1.47. The Morgan fingerprint density at radius 2 is 0.357 bits per heavy atom. The molecule has 0 N–H and O–H groups in total. The van der Waals surface area contributed by atoms with Gasteiger partial charge in [-0.3, -0.25) is 0 Å². The average molecular weight is 184 g/mol. The van der Waals surface area contributed by atoms with Crippen LogP contribution >= 0.6 is 0 Å². The Balaban J connectivity index is 0.000000206. The zero-order chi connectivity index (χ0) is 10.5. The fourth-order valence-corrected chi connectivity index (χ4v) is 0.770. The monoisotopic (exact) mass is 184 g/mol. The standard InChI is InChI=1S/2C6H6.C2H4/c2*1-2-4-6-5-3-1;1-2/h2*1-6H;1-2H2. The van der Waals surface area contributed by atoms with Crippen molar-refractivity contribution in [3.63, 3.8) is 0 Å². The van der Waals surface area contributed by atoms with Crippen LogP contribution in [0.5, 0.6) is 0 Å². The quantitative estimate of drug-likeness (QED) is 0.539. The molecule has 0 atom stereocenters. The van der Waals surface area contributed by atoms with Crippen molar-refractivity contribution in [3.8, 4) is 0 Å². The second-order valence-corrected chi connectivity index (χ2v) is 2.31. The summed E-state index contributed by atoms with van der Waals surface area (Å²) in [7, 11) is 0. The molecular weight excluding hydrogens is 168 g/mol. The van der Waals surface area contributed by atoms with E-state index in [9.17, 15) is 0 Å². The molecule has 0 aliphatic carbocycles. The van der Waals surface area contributed by atoms with Crippen molar-refractivity contribution in [2.75, 3.05) is 0 Å². The summed E-state index contributed by atoms with van der Waals surface area (Å²) < 4.78 is 0. The summed E-state index contributed by atoms with van der Waals surface area (Å²) in [5.74, 6) is 0. The van der Waals surface area contributed by atoms with Gasteiger partial charge < -0.3 is 0 Å². The van der Waals surface area contributed by atoms with Crippen molar-refractivity contribution in [1.29, 1.82) is 0 Å². The number of benzene rings is 2. The summed E-state index contributed by atoms with van der Waals surface area (Å²) in [6.45, 7) is 6.00. The van der Waals surface area contributed by atoms with Crippen LogP contribution < -0.4 is 0 Å².